The molecule has 0 N–H and O–H groups in total. The first-order valence-electron chi connectivity index (χ1n) is 8.89. The summed E-state index contributed by atoms with van der Waals surface area (Å²) in [6.07, 6.45) is 14.4. The number of rotatable bonds is 0. The molecule has 0 aliphatic heterocycles. The highest BCUT2D eigenvalue weighted by Crippen LogP contribution is 2.63. The van der Waals surface area contributed by atoms with E-state index in [0.717, 1.165) is 31.1 Å². The molecule has 3 saturated carbocycles. The number of carbonyl (C=O) groups excluding carboxylic acids is 1. The highest BCUT2D eigenvalue weighted by Gasteiger charge is 2.58. The van der Waals surface area contributed by atoms with Crippen LogP contribution in [0, 0.1) is 34.5 Å². The molecule has 114 valence electrons. The molecule has 4 aliphatic carbocycles. The Morgan fingerprint density at radius 3 is 2.71 bits per heavy atom. The van der Waals surface area contributed by atoms with Crippen LogP contribution in [0.4, 0.5) is 0 Å². The minimum absolute atomic E-state index is 0.0183. The van der Waals surface area contributed by atoms with Crippen LogP contribution in [0.15, 0.2) is 23.8 Å². The Balaban J connectivity index is 1.70. The van der Waals surface area contributed by atoms with E-state index >= 15 is 0 Å². The maximum Gasteiger partial charge on any atom is 0.139 e. The second-order valence-corrected chi connectivity index (χ2v) is 8.53. The molecule has 6 atom stereocenters. The van der Waals surface area contributed by atoms with Crippen molar-refractivity contribution in [2.45, 2.75) is 59.3 Å². The highest BCUT2D eigenvalue weighted by molar-refractivity contribution is 5.87. The quantitative estimate of drug-likeness (QED) is 0.576. The molecule has 0 aromatic carbocycles. The van der Waals surface area contributed by atoms with E-state index in [-0.39, 0.29) is 10.8 Å². The number of hydrogen-bond acceptors (Lipinski definition) is 1. The highest BCUT2D eigenvalue weighted by atomic mass is 16.1. The van der Waals surface area contributed by atoms with Crippen LogP contribution in [0.2, 0.25) is 0 Å². The summed E-state index contributed by atoms with van der Waals surface area (Å²) >= 11 is 0. The first-order chi connectivity index (χ1) is 9.95. The molecule has 0 amide bonds. The van der Waals surface area contributed by atoms with E-state index in [9.17, 15) is 4.79 Å². The average molecular weight is 284 g/mol. The van der Waals surface area contributed by atoms with Crippen LogP contribution in [-0.2, 0) is 4.79 Å². The van der Waals surface area contributed by atoms with Crippen LogP contribution < -0.4 is 0 Å². The van der Waals surface area contributed by atoms with Gasteiger partial charge in [0.2, 0.25) is 0 Å². The molecule has 1 heteroatoms. The van der Waals surface area contributed by atoms with Gasteiger partial charge >= 0.3 is 0 Å². The normalized spacial score (nSPS) is 52.0. The van der Waals surface area contributed by atoms with Gasteiger partial charge in [-0.05, 0) is 55.8 Å². The number of Topliss-reactive ketones (excluding diaryl/α,β-unsaturated/α-hetero) is 1. The Morgan fingerprint density at radius 2 is 1.90 bits per heavy atom. The predicted octanol–water partition coefficient (Wildman–Crippen LogP) is 4.93. The van der Waals surface area contributed by atoms with Crippen molar-refractivity contribution in [1.29, 1.82) is 0 Å². The number of ketones is 1. The average Bonchev–Trinajstić information content (AvgIpc) is 2.76. The van der Waals surface area contributed by atoms with Crippen LogP contribution in [0.1, 0.15) is 59.3 Å². The number of hydrogen-bond donors (Lipinski definition) is 0. The van der Waals surface area contributed by atoms with Crippen molar-refractivity contribution in [2.75, 3.05) is 0 Å². The van der Waals surface area contributed by atoms with Crippen molar-refractivity contribution in [3.63, 3.8) is 0 Å². The monoisotopic (exact) mass is 284 g/mol. The van der Waals surface area contributed by atoms with Crippen LogP contribution in [0.5, 0.6) is 0 Å². The zero-order chi connectivity index (χ0) is 14.8. The summed E-state index contributed by atoms with van der Waals surface area (Å²) in [7, 11) is 0. The molecule has 0 saturated heterocycles. The maximum absolute atomic E-state index is 12.4. The predicted molar refractivity (Wildman–Crippen MR) is 85.8 cm³/mol. The molecule has 4 rings (SSSR count). The molecule has 3 fully saturated rings. The molecular formula is C20H28O. The third-order valence-electron chi connectivity index (χ3n) is 7.57. The fourth-order valence-corrected chi connectivity index (χ4v) is 6.25. The van der Waals surface area contributed by atoms with Crippen molar-refractivity contribution < 1.29 is 4.79 Å². The van der Waals surface area contributed by atoms with Gasteiger partial charge in [-0.1, -0.05) is 44.6 Å². The van der Waals surface area contributed by atoms with Crippen molar-refractivity contribution in [3.8, 4) is 0 Å². The lowest BCUT2D eigenvalue weighted by molar-refractivity contribution is -0.131. The van der Waals surface area contributed by atoms with Gasteiger partial charge in [-0.15, -0.1) is 0 Å². The second-order valence-electron chi connectivity index (χ2n) is 8.53. The van der Waals surface area contributed by atoms with Crippen LogP contribution in [0.25, 0.3) is 0 Å². The smallest absolute Gasteiger partial charge is 0.139 e. The molecule has 0 spiro atoms. The fourth-order valence-electron chi connectivity index (χ4n) is 6.25. The van der Waals surface area contributed by atoms with Crippen LogP contribution in [0.3, 0.4) is 0 Å². The van der Waals surface area contributed by atoms with Crippen LogP contribution in [-0.4, -0.2) is 5.78 Å². The topological polar surface area (TPSA) is 17.1 Å². The van der Waals surface area contributed by atoms with Crippen LogP contribution >= 0.6 is 0 Å². The molecule has 0 aromatic heterocycles. The van der Waals surface area contributed by atoms with Crippen molar-refractivity contribution in [1.82, 2.24) is 0 Å². The van der Waals surface area contributed by atoms with E-state index in [1.165, 1.54) is 19.3 Å². The molecule has 0 bridgehead atoms. The standard InChI is InChI=1S/C20H28O/c1-13-8-10-19(2)14(12-13)4-5-15-16-6-7-18(21)20(16,3)11-9-17(15)19/h8,10,12-13,15-17H,4-7,9,11H2,1-3H3/t13?,15?,16?,17?,19-,20-/m0/s1. The third-order valence-corrected chi connectivity index (χ3v) is 7.57. The first-order valence-corrected chi connectivity index (χ1v) is 8.89. The molecule has 21 heavy (non-hydrogen) atoms. The summed E-state index contributed by atoms with van der Waals surface area (Å²) < 4.78 is 0. The minimum Gasteiger partial charge on any atom is -0.299 e. The van der Waals surface area contributed by atoms with Gasteiger partial charge < -0.3 is 0 Å². The zero-order valence-corrected chi connectivity index (χ0v) is 13.7. The van der Waals surface area contributed by atoms with Gasteiger partial charge in [0, 0.05) is 17.3 Å². The fraction of sp³-hybridized carbons (Fsp3) is 0.750. The van der Waals surface area contributed by atoms with Gasteiger partial charge in [-0.3, -0.25) is 4.79 Å². The van der Waals surface area contributed by atoms with E-state index in [4.69, 9.17) is 0 Å². The maximum atomic E-state index is 12.4. The minimum atomic E-state index is 0.0183. The number of allylic oxidation sites excluding steroid dienone is 4. The van der Waals surface area contributed by atoms with E-state index in [0.29, 0.717) is 17.6 Å². The number of fused-ring (bicyclic) bond motifs is 5. The van der Waals surface area contributed by atoms with E-state index in [1.54, 1.807) is 5.57 Å². The summed E-state index contributed by atoms with van der Waals surface area (Å²) in [6.45, 7) is 7.04. The Labute approximate surface area is 128 Å². The van der Waals surface area contributed by atoms with Gasteiger partial charge in [0.25, 0.3) is 0 Å². The molecule has 4 unspecified atom stereocenters. The van der Waals surface area contributed by atoms with Crippen molar-refractivity contribution >= 4 is 5.78 Å². The summed E-state index contributed by atoms with van der Waals surface area (Å²) in [5.74, 6) is 3.37. The Bertz CT molecular complexity index is 542. The van der Waals surface area contributed by atoms with Gasteiger partial charge in [-0.25, -0.2) is 0 Å². The lowest BCUT2D eigenvalue weighted by Crippen LogP contribution is -2.49. The first kappa shape index (κ1) is 13.8. The molecule has 1 nitrogen and oxygen atoms in total. The van der Waals surface area contributed by atoms with Gasteiger partial charge in [0.1, 0.15) is 5.78 Å². The lowest BCUT2D eigenvalue weighted by atomic mass is 9.48. The Kier molecular flexibility index (Phi) is 2.85. The molecule has 0 aromatic rings. The lowest BCUT2D eigenvalue weighted by Gasteiger charge is -2.56. The van der Waals surface area contributed by atoms with Crippen molar-refractivity contribution in [3.05, 3.63) is 23.8 Å². The Morgan fingerprint density at radius 1 is 1.10 bits per heavy atom. The summed E-state index contributed by atoms with van der Waals surface area (Å²) in [4.78, 5) is 12.4. The van der Waals surface area contributed by atoms with E-state index < -0.39 is 0 Å². The number of carbonyl (C=O) groups is 1. The molecule has 0 heterocycles. The third kappa shape index (κ3) is 1.72. The van der Waals surface area contributed by atoms with Gasteiger partial charge in [0.15, 0.2) is 0 Å². The molecule has 4 aliphatic rings. The van der Waals surface area contributed by atoms with E-state index in [2.05, 4.69) is 39.0 Å². The molecule has 0 radical (unpaired) electrons. The van der Waals surface area contributed by atoms with Crippen molar-refractivity contribution in [2.24, 2.45) is 34.5 Å². The largest absolute Gasteiger partial charge is 0.299 e. The summed E-state index contributed by atoms with van der Waals surface area (Å²) in [5, 5.41) is 0. The van der Waals surface area contributed by atoms with Gasteiger partial charge in [0.05, 0.1) is 0 Å². The zero-order valence-electron chi connectivity index (χ0n) is 13.7. The van der Waals surface area contributed by atoms with Gasteiger partial charge in [-0.2, -0.15) is 0 Å². The molecular weight excluding hydrogens is 256 g/mol. The second kappa shape index (κ2) is 4.33. The summed E-state index contributed by atoms with van der Waals surface area (Å²) in [6, 6.07) is 0. The summed E-state index contributed by atoms with van der Waals surface area (Å²) in [5.41, 5.74) is 1.99. The Hall–Kier alpha value is -0.850. The SMILES string of the molecule is CC1C=C[C@@]2(C)C(=C1)CCC1C2CC[C@]2(C)C(=O)CCC12. The van der Waals surface area contributed by atoms with E-state index in [1.807, 2.05) is 0 Å².